The summed E-state index contributed by atoms with van der Waals surface area (Å²) >= 11 is 0.762. The Morgan fingerprint density at radius 3 is 2.41 bits per heavy atom. The number of anilines is 1. The van der Waals surface area contributed by atoms with Gasteiger partial charge in [-0.3, -0.25) is 24.1 Å². The predicted molar refractivity (Wildman–Crippen MR) is 148 cm³/mol. The zero-order valence-corrected chi connectivity index (χ0v) is 22.2. The van der Waals surface area contributed by atoms with Gasteiger partial charge in [0.2, 0.25) is 0 Å². The minimum Gasteiger partial charge on any atom is -0.493 e. The van der Waals surface area contributed by atoms with Crippen molar-refractivity contribution in [2.24, 2.45) is 0 Å². The Labute approximate surface area is 229 Å². The molecule has 0 spiro atoms. The van der Waals surface area contributed by atoms with Gasteiger partial charge in [-0.25, -0.2) is 0 Å². The number of methoxy groups -OCH3 is 1. The van der Waals surface area contributed by atoms with Gasteiger partial charge in [0.25, 0.3) is 17.1 Å². The molecular formula is C29H26N2O7S. The van der Waals surface area contributed by atoms with Crippen molar-refractivity contribution in [3.63, 3.8) is 0 Å². The summed E-state index contributed by atoms with van der Waals surface area (Å²) in [5.74, 6) is -0.0318. The standard InChI is InChI=1S/C29H26N2O7S/c1-3-37-23-12-8-7-11-21(23)30-27(33)18-38-24-14-13-19(15-25(24)36-2)16-26-28(34)31(29(35)39-26)17-22(32)20-9-5-4-6-10-20/h4-16H,3,17-18H2,1-2H3,(H,30,33)/b26-16+. The minimum absolute atomic E-state index is 0.184. The van der Waals surface area contributed by atoms with Crippen LogP contribution in [-0.2, 0) is 9.59 Å². The number of hydrogen-bond acceptors (Lipinski definition) is 8. The van der Waals surface area contributed by atoms with E-state index in [0.717, 1.165) is 16.7 Å². The molecule has 3 aromatic rings. The third-order valence-electron chi connectivity index (χ3n) is 5.58. The first-order valence-corrected chi connectivity index (χ1v) is 12.9. The average Bonchev–Trinajstić information content (AvgIpc) is 3.21. The highest BCUT2D eigenvalue weighted by atomic mass is 32.2. The lowest BCUT2D eigenvalue weighted by molar-refractivity contribution is -0.122. The fourth-order valence-electron chi connectivity index (χ4n) is 3.72. The number of imide groups is 1. The lowest BCUT2D eigenvalue weighted by atomic mass is 10.1. The molecule has 39 heavy (non-hydrogen) atoms. The van der Waals surface area contributed by atoms with Crippen LogP contribution in [0.3, 0.4) is 0 Å². The van der Waals surface area contributed by atoms with E-state index in [0.29, 0.717) is 40.7 Å². The van der Waals surface area contributed by atoms with E-state index >= 15 is 0 Å². The number of carbonyl (C=O) groups excluding carboxylic acids is 4. The minimum atomic E-state index is -0.544. The van der Waals surface area contributed by atoms with Crippen molar-refractivity contribution in [3.05, 3.63) is 88.8 Å². The van der Waals surface area contributed by atoms with Gasteiger partial charge < -0.3 is 19.5 Å². The van der Waals surface area contributed by atoms with Crippen LogP contribution >= 0.6 is 11.8 Å². The number of thioether (sulfide) groups is 1. The van der Waals surface area contributed by atoms with Crippen LogP contribution in [0.4, 0.5) is 10.5 Å². The number of para-hydroxylation sites is 2. The molecule has 1 N–H and O–H groups in total. The maximum Gasteiger partial charge on any atom is 0.293 e. The first-order chi connectivity index (χ1) is 18.9. The SMILES string of the molecule is CCOc1ccccc1NC(=O)COc1ccc(/C=C2/SC(=O)N(CC(=O)c3ccccc3)C2=O)cc1OC. The van der Waals surface area contributed by atoms with Gasteiger partial charge in [-0.2, -0.15) is 0 Å². The third-order valence-corrected chi connectivity index (χ3v) is 6.48. The first kappa shape index (κ1) is 27.5. The summed E-state index contributed by atoms with van der Waals surface area (Å²) in [5.41, 5.74) is 1.54. The smallest absolute Gasteiger partial charge is 0.293 e. The number of ketones is 1. The highest BCUT2D eigenvalue weighted by Crippen LogP contribution is 2.35. The Hall–Kier alpha value is -4.57. The van der Waals surface area contributed by atoms with Crippen LogP contribution in [0.25, 0.3) is 6.08 Å². The number of hydrogen-bond donors (Lipinski definition) is 1. The number of ether oxygens (including phenoxy) is 3. The van der Waals surface area contributed by atoms with Crippen LogP contribution in [0.1, 0.15) is 22.8 Å². The van der Waals surface area contributed by atoms with Crippen LogP contribution in [0.15, 0.2) is 77.7 Å². The Kier molecular flexibility index (Phi) is 9.01. The largest absolute Gasteiger partial charge is 0.493 e. The molecule has 1 heterocycles. The zero-order chi connectivity index (χ0) is 27.8. The average molecular weight is 547 g/mol. The molecule has 3 amide bonds. The number of carbonyl (C=O) groups is 4. The summed E-state index contributed by atoms with van der Waals surface area (Å²) < 4.78 is 16.6. The monoisotopic (exact) mass is 546 g/mol. The van der Waals surface area contributed by atoms with Gasteiger partial charge in [-0.1, -0.05) is 48.5 Å². The quantitative estimate of drug-likeness (QED) is 0.263. The molecule has 200 valence electrons. The molecule has 0 radical (unpaired) electrons. The molecule has 4 rings (SSSR count). The molecule has 10 heteroatoms. The van der Waals surface area contributed by atoms with Crippen molar-refractivity contribution < 1.29 is 33.4 Å². The number of nitrogens with zero attached hydrogens (tertiary/aromatic N) is 1. The summed E-state index contributed by atoms with van der Waals surface area (Å²) in [4.78, 5) is 51.4. The molecule has 0 atom stereocenters. The molecule has 3 aromatic carbocycles. The molecular weight excluding hydrogens is 520 g/mol. The van der Waals surface area contributed by atoms with Crippen LogP contribution < -0.4 is 19.5 Å². The van der Waals surface area contributed by atoms with Crippen molar-refractivity contribution in [2.75, 3.05) is 32.2 Å². The fraction of sp³-hybridized carbons (Fsp3) is 0.172. The van der Waals surface area contributed by atoms with Crippen LogP contribution in [0.2, 0.25) is 0 Å². The molecule has 0 aromatic heterocycles. The van der Waals surface area contributed by atoms with E-state index < -0.39 is 11.1 Å². The van der Waals surface area contributed by atoms with Gasteiger partial charge in [0.15, 0.2) is 23.9 Å². The van der Waals surface area contributed by atoms with Crippen molar-refractivity contribution in [1.82, 2.24) is 4.90 Å². The van der Waals surface area contributed by atoms with E-state index in [1.54, 1.807) is 72.8 Å². The topological polar surface area (TPSA) is 111 Å². The van der Waals surface area contributed by atoms with Gasteiger partial charge in [0.05, 0.1) is 30.9 Å². The summed E-state index contributed by atoms with van der Waals surface area (Å²) in [6.45, 7) is 1.71. The Balaban J connectivity index is 1.40. The second kappa shape index (κ2) is 12.8. The van der Waals surface area contributed by atoms with E-state index in [1.807, 2.05) is 13.0 Å². The first-order valence-electron chi connectivity index (χ1n) is 12.1. The van der Waals surface area contributed by atoms with Gasteiger partial charge in [0.1, 0.15) is 5.75 Å². The van der Waals surface area contributed by atoms with Gasteiger partial charge >= 0.3 is 0 Å². The zero-order valence-electron chi connectivity index (χ0n) is 21.3. The molecule has 0 saturated carbocycles. The normalized spacial score (nSPS) is 13.9. The fourth-order valence-corrected chi connectivity index (χ4v) is 4.56. The van der Waals surface area contributed by atoms with E-state index in [9.17, 15) is 19.2 Å². The Morgan fingerprint density at radius 2 is 1.67 bits per heavy atom. The van der Waals surface area contributed by atoms with Gasteiger partial charge in [0, 0.05) is 5.56 Å². The van der Waals surface area contributed by atoms with Crippen LogP contribution in [0, 0.1) is 0 Å². The highest BCUT2D eigenvalue weighted by Gasteiger charge is 2.36. The van der Waals surface area contributed by atoms with Crippen molar-refractivity contribution in [2.45, 2.75) is 6.92 Å². The van der Waals surface area contributed by atoms with E-state index in [-0.39, 0.29) is 29.7 Å². The summed E-state index contributed by atoms with van der Waals surface area (Å²) in [6, 6.07) is 20.5. The highest BCUT2D eigenvalue weighted by molar-refractivity contribution is 8.18. The molecule has 0 unspecified atom stereocenters. The molecule has 1 saturated heterocycles. The Morgan fingerprint density at radius 1 is 0.923 bits per heavy atom. The maximum absolute atomic E-state index is 12.9. The number of rotatable bonds is 11. The number of Topliss-reactive ketones (excluding diaryl/α,β-unsaturated/α-hetero) is 1. The van der Waals surface area contributed by atoms with Gasteiger partial charge in [-0.05, 0) is 54.6 Å². The summed E-state index contributed by atoms with van der Waals surface area (Å²) in [6.07, 6.45) is 1.54. The van der Waals surface area contributed by atoms with E-state index in [4.69, 9.17) is 14.2 Å². The lowest BCUT2D eigenvalue weighted by Crippen LogP contribution is -2.33. The second-order valence-electron chi connectivity index (χ2n) is 8.23. The van der Waals surface area contributed by atoms with E-state index in [1.165, 1.54) is 7.11 Å². The summed E-state index contributed by atoms with van der Waals surface area (Å²) in [5, 5.41) is 2.25. The third kappa shape index (κ3) is 6.85. The lowest BCUT2D eigenvalue weighted by Gasteiger charge is -2.13. The second-order valence-corrected chi connectivity index (χ2v) is 9.23. The van der Waals surface area contributed by atoms with Crippen LogP contribution in [0.5, 0.6) is 17.2 Å². The van der Waals surface area contributed by atoms with Crippen molar-refractivity contribution in [1.29, 1.82) is 0 Å². The molecule has 1 aliphatic heterocycles. The molecule has 0 bridgehead atoms. The molecule has 1 fully saturated rings. The number of benzene rings is 3. The molecule has 1 aliphatic rings. The van der Waals surface area contributed by atoms with Gasteiger partial charge in [-0.15, -0.1) is 0 Å². The Bertz CT molecular complexity index is 1420. The molecule has 0 aliphatic carbocycles. The molecule has 9 nitrogen and oxygen atoms in total. The number of nitrogens with one attached hydrogen (secondary N) is 1. The summed E-state index contributed by atoms with van der Waals surface area (Å²) in [7, 11) is 1.45. The predicted octanol–water partition coefficient (Wildman–Crippen LogP) is 5.03. The number of amides is 3. The maximum atomic E-state index is 12.9. The van der Waals surface area contributed by atoms with Crippen molar-refractivity contribution in [3.8, 4) is 17.2 Å². The van der Waals surface area contributed by atoms with E-state index in [2.05, 4.69) is 5.32 Å². The van der Waals surface area contributed by atoms with Crippen LogP contribution in [-0.4, -0.2) is 54.6 Å². The van der Waals surface area contributed by atoms with Crippen molar-refractivity contribution >= 4 is 46.4 Å².